The molecule has 0 spiro atoms. The molecule has 2 aliphatic rings. The van der Waals surface area contributed by atoms with Gasteiger partial charge < -0.3 is 14.8 Å². The van der Waals surface area contributed by atoms with Crippen LogP contribution >= 0.6 is 0 Å². The highest BCUT2D eigenvalue weighted by atomic mass is 19.3. The van der Waals surface area contributed by atoms with Crippen LogP contribution in [0, 0.1) is 0 Å². The lowest BCUT2D eigenvalue weighted by Gasteiger charge is -2.15. The molecule has 3 atom stereocenters. The summed E-state index contributed by atoms with van der Waals surface area (Å²) in [5.74, 6) is -4.71. The fourth-order valence-electron chi connectivity index (χ4n) is 2.40. The lowest BCUT2D eigenvalue weighted by molar-refractivity contribution is -0.159. The summed E-state index contributed by atoms with van der Waals surface area (Å²) >= 11 is 0. The van der Waals surface area contributed by atoms with E-state index in [4.69, 9.17) is 4.74 Å². The standard InChI is InChI=1S/C11H17F2NO3/c1-16-8-3-2-7(4-8)14-6-9-5-11(12,13)10(15)17-9/h7-9,14H,2-6H2,1H3. The topological polar surface area (TPSA) is 47.6 Å². The predicted octanol–water partition coefficient (Wildman–Crippen LogP) is 1.09. The second-order valence-corrected chi connectivity index (χ2v) is 4.71. The molecule has 4 nitrogen and oxygen atoms in total. The summed E-state index contributed by atoms with van der Waals surface area (Å²) in [5.41, 5.74) is 0. The van der Waals surface area contributed by atoms with Crippen LogP contribution in [0.5, 0.6) is 0 Å². The second kappa shape index (κ2) is 4.86. The van der Waals surface area contributed by atoms with Crippen molar-refractivity contribution in [3.8, 4) is 0 Å². The zero-order valence-corrected chi connectivity index (χ0v) is 9.75. The molecule has 17 heavy (non-hydrogen) atoms. The van der Waals surface area contributed by atoms with E-state index in [1.807, 2.05) is 0 Å². The van der Waals surface area contributed by atoms with Gasteiger partial charge in [0.1, 0.15) is 6.10 Å². The number of ether oxygens (including phenoxy) is 2. The van der Waals surface area contributed by atoms with E-state index < -0.39 is 24.4 Å². The molecule has 1 saturated carbocycles. The number of hydrogen-bond acceptors (Lipinski definition) is 4. The van der Waals surface area contributed by atoms with Gasteiger partial charge in [0.05, 0.1) is 12.5 Å². The van der Waals surface area contributed by atoms with E-state index in [0.717, 1.165) is 19.3 Å². The van der Waals surface area contributed by atoms with Gasteiger partial charge in [-0.1, -0.05) is 0 Å². The molecule has 0 aromatic carbocycles. The first-order valence-electron chi connectivity index (χ1n) is 5.86. The number of carbonyl (C=O) groups is 1. The normalized spacial score (nSPS) is 36.2. The molecule has 1 heterocycles. The van der Waals surface area contributed by atoms with Gasteiger partial charge in [-0.25, -0.2) is 4.79 Å². The lowest BCUT2D eigenvalue weighted by atomic mass is 10.2. The Morgan fingerprint density at radius 1 is 1.53 bits per heavy atom. The van der Waals surface area contributed by atoms with Gasteiger partial charge in [-0.3, -0.25) is 0 Å². The molecule has 0 aromatic rings. The number of rotatable bonds is 4. The van der Waals surface area contributed by atoms with E-state index in [9.17, 15) is 13.6 Å². The van der Waals surface area contributed by atoms with Crippen molar-refractivity contribution < 1.29 is 23.0 Å². The van der Waals surface area contributed by atoms with Gasteiger partial charge in [0, 0.05) is 19.7 Å². The van der Waals surface area contributed by atoms with Crippen molar-refractivity contribution in [2.45, 2.75) is 49.9 Å². The fraction of sp³-hybridized carbons (Fsp3) is 0.909. The fourth-order valence-corrected chi connectivity index (χ4v) is 2.40. The lowest BCUT2D eigenvalue weighted by Crippen LogP contribution is -2.34. The Balaban J connectivity index is 1.72. The Morgan fingerprint density at radius 3 is 2.82 bits per heavy atom. The molecule has 0 aromatic heterocycles. The van der Waals surface area contributed by atoms with Gasteiger partial charge in [-0.15, -0.1) is 0 Å². The van der Waals surface area contributed by atoms with Crippen molar-refractivity contribution in [2.75, 3.05) is 13.7 Å². The van der Waals surface area contributed by atoms with E-state index >= 15 is 0 Å². The molecule has 2 fully saturated rings. The van der Waals surface area contributed by atoms with Crippen LogP contribution in [0.25, 0.3) is 0 Å². The minimum absolute atomic E-state index is 0.250. The Bertz CT molecular complexity index is 298. The van der Waals surface area contributed by atoms with Gasteiger partial charge in [0.2, 0.25) is 0 Å². The first-order valence-corrected chi connectivity index (χ1v) is 5.86. The van der Waals surface area contributed by atoms with E-state index in [2.05, 4.69) is 10.1 Å². The summed E-state index contributed by atoms with van der Waals surface area (Å²) < 4.78 is 35.6. The second-order valence-electron chi connectivity index (χ2n) is 4.71. The van der Waals surface area contributed by atoms with Crippen molar-refractivity contribution in [3.63, 3.8) is 0 Å². The smallest absolute Gasteiger partial charge is 0.377 e. The number of esters is 1. The SMILES string of the molecule is COC1CCC(NCC2CC(F)(F)C(=O)O2)C1. The number of hydrogen-bond donors (Lipinski definition) is 1. The summed E-state index contributed by atoms with van der Waals surface area (Å²) in [4.78, 5) is 10.8. The summed E-state index contributed by atoms with van der Waals surface area (Å²) in [6.07, 6.45) is 1.86. The maximum atomic E-state index is 12.9. The maximum absolute atomic E-state index is 12.9. The van der Waals surface area contributed by atoms with Gasteiger partial charge in [0.25, 0.3) is 0 Å². The molecule has 1 saturated heterocycles. The Labute approximate surface area is 98.6 Å². The van der Waals surface area contributed by atoms with Crippen LogP contribution in [-0.4, -0.2) is 43.8 Å². The third kappa shape index (κ3) is 2.93. The largest absolute Gasteiger partial charge is 0.456 e. The number of cyclic esters (lactones) is 1. The van der Waals surface area contributed by atoms with Crippen molar-refractivity contribution in [1.82, 2.24) is 5.32 Å². The highest BCUT2D eigenvalue weighted by Crippen LogP contribution is 2.31. The number of carbonyl (C=O) groups excluding carboxylic acids is 1. The van der Waals surface area contributed by atoms with E-state index in [-0.39, 0.29) is 12.1 Å². The van der Waals surface area contributed by atoms with Gasteiger partial charge >= 0.3 is 11.9 Å². The number of halogens is 2. The van der Waals surface area contributed by atoms with Crippen LogP contribution in [0.15, 0.2) is 0 Å². The predicted molar refractivity (Wildman–Crippen MR) is 55.9 cm³/mol. The summed E-state index contributed by atoms with van der Waals surface area (Å²) in [6, 6.07) is 0.271. The molecular formula is C11H17F2NO3. The first kappa shape index (κ1) is 12.7. The van der Waals surface area contributed by atoms with Crippen LogP contribution in [0.1, 0.15) is 25.7 Å². The van der Waals surface area contributed by atoms with Gasteiger partial charge in [-0.2, -0.15) is 8.78 Å². The van der Waals surface area contributed by atoms with Crippen molar-refractivity contribution in [1.29, 1.82) is 0 Å². The molecule has 1 N–H and O–H groups in total. The molecule has 2 rings (SSSR count). The zero-order valence-electron chi connectivity index (χ0n) is 9.75. The molecule has 1 aliphatic heterocycles. The molecule has 0 radical (unpaired) electrons. The summed E-state index contributed by atoms with van der Waals surface area (Å²) in [7, 11) is 1.67. The third-order valence-electron chi connectivity index (χ3n) is 3.41. The van der Waals surface area contributed by atoms with Crippen LogP contribution in [-0.2, 0) is 14.3 Å². The quantitative estimate of drug-likeness (QED) is 0.758. The first-order chi connectivity index (χ1) is 8.01. The van der Waals surface area contributed by atoms with Crippen LogP contribution < -0.4 is 5.32 Å². The summed E-state index contributed by atoms with van der Waals surface area (Å²) in [6.45, 7) is 0.294. The molecule has 0 bridgehead atoms. The van der Waals surface area contributed by atoms with Crippen molar-refractivity contribution >= 4 is 5.97 Å². The molecule has 6 heteroatoms. The maximum Gasteiger partial charge on any atom is 0.377 e. The molecule has 0 amide bonds. The molecule has 98 valence electrons. The van der Waals surface area contributed by atoms with Crippen LogP contribution in [0.2, 0.25) is 0 Å². The third-order valence-corrected chi connectivity index (χ3v) is 3.41. The van der Waals surface area contributed by atoms with Crippen molar-refractivity contribution in [2.24, 2.45) is 0 Å². The highest BCUT2D eigenvalue weighted by molar-refractivity contribution is 5.79. The summed E-state index contributed by atoms with van der Waals surface area (Å²) in [5, 5.41) is 3.16. The highest BCUT2D eigenvalue weighted by Gasteiger charge is 2.50. The van der Waals surface area contributed by atoms with Crippen LogP contribution in [0.3, 0.4) is 0 Å². The Kier molecular flexibility index (Phi) is 3.63. The van der Waals surface area contributed by atoms with E-state index in [0.29, 0.717) is 6.54 Å². The Morgan fingerprint density at radius 2 is 2.29 bits per heavy atom. The van der Waals surface area contributed by atoms with Crippen LogP contribution in [0.4, 0.5) is 8.78 Å². The van der Waals surface area contributed by atoms with E-state index in [1.54, 1.807) is 7.11 Å². The molecule has 1 aliphatic carbocycles. The minimum Gasteiger partial charge on any atom is -0.456 e. The molecule has 3 unspecified atom stereocenters. The van der Waals surface area contributed by atoms with Crippen molar-refractivity contribution in [3.05, 3.63) is 0 Å². The monoisotopic (exact) mass is 249 g/mol. The number of alkyl halides is 2. The Hall–Kier alpha value is -0.750. The minimum atomic E-state index is -3.31. The number of methoxy groups -OCH3 is 1. The van der Waals surface area contributed by atoms with E-state index in [1.165, 1.54) is 0 Å². The molecular weight excluding hydrogens is 232 g/mol. The average Bonchev–Trinajstić information content (AvgIpc) is 2.81. The average molecular weight is 249 g/mol. The zero-order chi connectivity index (χ0) is 12.5. The van der Waals surface area contributed by atoms with Gasteiger partial charge in [0.15, 0.2) is 0 Å². The number of nitrogens with one attached hydrogen (secondary N) is 1. The van der Waals surface area contributed by atoms with Gasteiger partial charge in [-0.05, 0) is 19.3 Å².